The number of amides is 1. The first-order valence-electron chi connectivity index (χ1n) is 6.77. The van der Waals surface area contributed by atoms with Gasteiger partial charge < -0.3 is 5.32 Å². The average Bonchev–Trinajstić information content (AvgIpc) is 3.05. The normalized spacial score (nSPS) is 18.4. The molecule has 3 rings (SSSR count). The van der Waals surface area contributed by atoms with Crippen LogP contribution >= 0.6 is 11.8 Å². The first-order chi connectivity index (χ1) is 11.3. The predicted octanol–water partition coefficient (Wildman–Crippen LogP) is 3.33. The molecule has 0 unspecified atom stereocenters. The Hall–Kier alpha value is -2.55. The topological polar surface area (TPSA) is 59.3 Å². The first kappa shape index (κ1) is 16.3. The van der Waals surface area contributed by atoms with Crippen LogP contribution in [0.5, 0.6) is 0 Å². The number of amidine groups is 1. The lowest BCUT2D eigenvalue weighted by Crippen LogP contribution is -2.19. The van der Waals surface area contributed by atoms with Gasteiger partial charge in [0.25, 0.3) is 5.91 Å². The Kier molecular flexibility index (Phi) is 4.18. The van der Waals surface area contributed by atoms with E-state index in [4.69, 9.17) is 0 Å². The lowest BCUT2D eigenvalue weighted by Gasteiger charge is -2.06. The van der Waals surface area contributed by atoms with Crippen LogP contribution < -0.4 is 5.32 Å². The van der Waals surface area contributed by atoms with E-state index in [1.165, 1.54) is 12.1 Å². The van der Waals surface area contributed by atoms with Crippen molar-refractivity contribution < 1.29 is 18.0 Å². The molecule has 1 amide bonds. The highest BCUT2D eigenvalue weighted by Gasteiger charge is 2.30. The van der Waals surface area contributed by atoms with Gasteiger partial charge in [0, 0.05) is 18.8 Å². The Labute approximate surface area is 139 Å². The molecular formula is C15H11F3N4OS. The monoisotopic (exact) mass is 352 g/mol. The molecule has 124 valence electrons. The molecule has 1 aromatic carbocycles. The highest BCUT2D eigenvalue weighted by Crippen LogP contribution is 2.33. The van der Waals surface area contributed by atoms with Crippen LogP contribution in [-0.4, -0.2) is 20.9 Å². The van der Waals surface area contributed by atoms with Gasteiger partial charge in [0.2, 0.25) is 0 Å². The predicted molar refractivity (Wildman–Crippen MR) is 85.5 cm³/mol. The summed E-state index contributed by atoms with van der Waals surface area (Å²) in [6.07, 6.45) is 0.543. The molecule has 0 radical (unpaired) electrons. The van der Waals surface area contributed by atoms with Crippen molar-refractivity contribution in [3.63, 3.8) is 0 Å². The van der Waals surface area contributed by atoms with E-state index >= 15 is 0 Å². The number of aromatic nitrogens is 2. The molecule has 1 aromatic heterocycles. The van der Waals surface area contributed by atoms with E-state index in [2.05, 4.69) is 15.4 Å². The number of hydrogen-bond acceptors (Lipinski definition) is 4. The molecule has 0 spiro atoms. The summed E-state index contributed by atoms with van der Waals surface area (Å²) in [7, 11) is 1.75. The van der Waals surface area contributed by atoms with Gasteiger partial charge in [-0.1, -0.05) is 6.07 Å². The van der Waals surface area contributed by atoms with Crippen LogP contribution in [-0.2, 0) is 18.0 Å². The summed E-state index contributed by atoms with van der Waals surface area (Å²) < 4.78 is 39.7. The number of thioether (sulfide) groups is 1. The fourth-order valence-electron chi connectivity index (χ4n) is 2.02. The molecule has 2 heterocycles. The van der Waals surface area contributed by atoms with Crippen molar-refractivity contribution in [2.75, 3.05) is 0 Å². The SMILES string of the molecule is Cn1cc(/C=C2\SC(=Nc3cccc(C(F)(F)F)c3)NC2=O)cn1. The maximum atomic E-state index is 12.7. The second-order valence-corrected chi connectivity index (χ2v) is 6.01. The smallest absolute Gasteiger partial charge is 0.300 e. The molecule has 2 aromatic rings. The van der Waals surface area contributed by atoms with E-state index < -0.39 is 11.7 Å². The quantitative estimate of drug-likeness (QED) is 0.844. The van der Waals surface area contributed by atoms with Crippen molar-refractivity contribution in [2.24, 2.45) is 12.0 Å². The zero-order valence-corrected chi connectivity index (χ0v) is 13.1. The van der Waals surface area contributed by atoms with Crippen molar-refractivity contribution in [3.05, 3.63) is 52.7 Å². The zero-order valence-electron chi connectivity index (χ0n) is 12.3. The number of carbonyl (C=O) groups is 1. The van der Waals surface area contributed by atoms with Crippen LogP contribution in [0.4, 0.5) is 18.9 Å². The fourth-order valence-corrected chi connectivity index (χ4v) is 2.86. The number of rotatable bonds is 2. The Balaban J connectivity index is 1.83. The summed E-state index contributed by atoms with van der Waals surface area (Å²) >= 11 is 1.06. The van der Waals surface area contributed by atoms with Crippen LogP contribution in [0.15, 0.2) is 46.6 Å². The van der Waals surface area contributed by atoms with E-state index in [0.29, 0.717) is 4.91 Å². The molecule has 0 bridgehead atoms. The Morgan fingerprint density at radius 2 is 2.17 bits per heavy atom. The van der Waals surface area contributed by atoms with Crippen molar-refractivity contribution in [1.82, 2.24) is 15.1 Å². The van der Waals surface area contributed by atoms with Crippen molar-refractivity contribution >= 4 is 34.6 Å². The number of carbonyl (C=O) groups excluding carboxylic acids is 1. The summed E-state index contributed by atoms with van der Waals surface area (Å²) in [6.45, 7) is 0. The van der Waals surface area contributed by atoms with Gasteiger partial charge in [0.1, 0.15) is 0 Å². The van der Waals surface area contributed by atoms with Gasteiger partial charge in [-0.05, 0) is 36.0 Å². The third-order valence-corrected chi connectivity index (χ3v) is 3.99. The number of aryl methyl sites for hydroxylation is 1. The molecule has 0 saturated carbocycles. The molecule has 0 atom stereocenters. The van der Waals surface area contributed by atoms with Gasteiger partial charge >= 0.3 is 6.18 Å². The molecule has 1 fully saturated rings. The molecule has 24 heavy (non-hydrogen) atoms. The average molecular weight is 352 g/mol. The van der Waals surface area contributed by atoms with Crippen LogP contribution in [0.25, 0.3) is 6.08 Å². The molecule has 1 N–H and O–H groups in total. The lowest BCUT2D eigenvalue weighted by molar-refractivity contribution is -0.137. The maximum Gasteiger partial charge on any atom is 0.416 e. The number of alkyl halides is 3. The third kappa shape index (κ3) is 3.67. The van der Waals surface area contributed by atoms with Crippen molar-refractivity contribution in [2.45, 2.75) is 6.18 Å². The van der Waals surface area contributed by atoms with Crippen molar-refractivity contribution in [3.8, 4) is 0 Å². The number of benzene rings is 1. The number of aliphatic imine (C=N–C) groups is 1. The second-order valence-electron chi connectivity index (χ2n) is 4.98. The Morgan fingerprint density at radius 1 is 1.38 bits per heavy atom. The van der Waals surface area contributed by atoms with Gasteiger partial charge in [-0.25, -0.2) is 4.99 Å². The maximum absolute atomic E-state index is 12.7. The minimum Gasteiger partial charge on any atom is -0.300 e. The number of nitrogens with one attached hydrogen (secondary N) is 1. The van der Waals surface area contributed by atoms with E-state index in [0.717, 1.165) is 29.5 Å². The Bertz CT molecular complexity index is 854. The van der Waals surface area contributed by atoms with Crippen LogP contribution in [0.1, 0.15) is 11.1 Å². The number of halogens is 3. The second kappa shape index (κ2) is 6.16. The van der Waals surface area contributed by atoms with Gasteiger partial charge in [0.05, 0.1) is 22.4 Å². The van der Waals surface area contributed by atoms with E-state index in [9.17, 15) is 18.0 Å². The van der Waals surface area contributed by atoms with Crippen LogP contribution in [0, 0.1) is 0 Å². The molecule has 0 aliphatic carbocycles. The van der Waals surface area contributed by atoms with Gasteiger partial charge in [0.15, 0.2) is 5.17 Å². The van der Waals surface area contributed by atoms with E-state index in [-0.39, 0.29) is 16.8 Å². The third-order valence-electron chi connectivity index (χ3n) is 3.08. The highest BCUT2D eigenvalue weighted by molar-refractivity contribution is 8.18. The number of nitrogens with zero attached hydrogens (tertiary/aromatic N) is 3. The standard InChI is InChI=1S/C15H11F3N4OS/c1-22-8-9(7-19-22)5-12-13(23)21-14(24-12)20-11-4-2-3-10(6-11)15(16,17)18/h2-8H,1H3,(H,20,21,23)/b12-5-. The molecule has 1 aliphatic rings. The van der Waals surface area contributed by atoms with Crippen LogP contribution in [0.3, 0.4) is 0 Å². The molecule has 1 saturated heterocycles. The van der Waals surface area contributed by atoms with Gasteiger partial charge in [-0.15, -0.1) is 0 Å². The summed E-state index contributed by atoms with van der Waals surface area (Å²) in [5, 5.41) is 6.76. The summed E-state index contributed by atoms with van der Waals surface area (Å²) in [6, 6.07) is 4.62. The zero-order chi connectivity index (χ0) is 17.3. The van der Waals surface area contributed by atoms with E-state index in [1.807, 2.05) is 0 Å². The molecular weight excluding hydrogens is 341 g/mol. The highest BCUT2D eigenvalue weighted by atomic mass is 32.2. The van der Waals surface area contributed by atoms with Gasteiger partial charge in [-0.3, -0.25) is 9.48 Å². The Morgan fingerprint density at radius 3 is 2.83 bits per heavy atom. The summed E-state index contributed by atoms with van der Waals surface area (Å²) in [5.41, 5.74) is 0.0792. The lowest BCUT2D eigenvalue weighted by atomic mass is 10.2. The minimum absolute atomic E-state index is 0.121. The number of hydrogen-bond donors (Lipinski definition) is 1. The van der Waals surface area contributed by atoms with Crippen LogP contribution in [0.2, 0.25) is 0 Å². The molecule has 5 nitrogen and oxygen atoms in total. The summed E-state index contributed by atoms with van der Waals surface area (Å²) in [5.74, 6) is -0.352. The molecule has 1 aliphatic heterocycles. The molecule has 9 heteroatoms. The fraction of sp³-hybridized carbons (Fsp3) is 0.133. The summed E-state index contributed by atoms with van der Waals surface area (Å²) in [4.78, 5) is 16.4. The minimum atomic E-state index is -4.44. The van der Waals surface area contributed by atoms with Crippen molar-refractivity contribution in [1.29, 1.82) is 0 Å². The van der Waals surface area contributed by atoms with E-state index in [1.54, 1.807) is 30.2 Å². The van der Waals surface area contributed by atoms with Gasteiger partial charge in [-0.2, -0.15) is 18.3 Å². The first-order valence-corrected chi connectivity index (χ1v) is 7.58. The largest absolute Gasteiger partial charge is 0.416 e.